The maximum absolute atomic E-state index is 11.7. The van der Waals surface area contributed by atoms with E-state index >= 15 is 0 Å². The summed E-state index contributed by atoms with van der Waals surface area (Å²) in [6.07, 6.45) is 1.71. The third-order valence-electron chi connectivity index (χ3n) is 2.94. The van der Waals surface area contributed by atoms with Crippen LogP contribution in [-0.4, -0.2) is 29.0 Å². The van der Waals surface area contributed by atoms with Crippen molar-refractivity contribution in [2.75, 3.05) is 11.9 Å². The largest absolute Gasteiger partial charge is 0.451 e. The Morgan fingerprint density at radius 3 is 2.41 bits per heavy atom. The van der Waals surface area contributed by atoms with Crippen molar-refractivity contribution in [3.63, 3.8) is 0 Å². The van der Waals surface area contributed by atoms with Crippen LogP contribution in [0.4, 0.5) is 5.69 Å². The van der Waals surface area contributed by atoms with Crippen LogP contribution in [-0.2, 0) is 16.6 Å². The number of primary amides is 1. The summed E-state index contributed by atoms with van der Waals surface area (Å²) in [4.78, 5) is 34.4. The van der Waals surface area contributed by atoms with E-state index in [-0.39, 0.29) is 0 Å². The predicted octanol–water partition coefficient (Wildman–Crippen LogP) is 0.919. The van der Waals surface area contributed by atoms with Crippen LogP contribution < -0.4 is 11.1 Å². The average Bonchev–Trinajstić information content (AvgIpc) is 2.91. The Balaban J connectivity index is 1.86. The summed E-state index contributed by atoms with van der Waals surface area (Å²) in [7, 11) is 1.71. The van der Waals surface area contributed by atoms with Crippen LogP contribution in [0.3, 0.4) is 0 Å². The monoisotopic (exact) mass is 301 g/mol. The van der Waals surface area contributed by atoms with Gasteiger partial charge in [0, 0.05) is 24.5 Å². The zero-order valence-electron chi connectivity index (χ0n) is 11.9. The molecule has 0 aliphatic rings. The van der Waals surface area contributed by atoms with E-state index in [2.05, 4.69) is 5.32 Å². The number of esters is 1. The minimum atomic E-state index is -0.577. The van der Waals surface area contributed by atoms with Gasteiger partial charge in [0.05, 0.1) is 0 Å². The first-order chi connectivity index (χ1) is 10.5. The van der Waals surface area contributed by atoms with Crippen LogP contribution in [0.15, 0.2) is 42.6 Å². The highest BCUT2D eigenvalue weighted by atomic mass is 16.5. The predicted molar refractivity (Wildman–Crippen MR) is 79.3 cm³/mol. The van der Waals surface area contributed by atoms with E-state index in [1.165, 1.54) is 24.3 Å². The minimum Gasteiger partial charge on any atom is -0.451 e. The Morgan fingerprint density at radius 2 is 1.86 bits per heavy atom. The molecule has 7 heteroatoms. The van der Waals surface area contributed by atoms with Gasteiger partial charge in [0.25, 0.3) is 5.91 Å². The Hall–Kier alpha value is -3.09. The average molecular weight is 301 g/mol. The van der Waals surface area contributed by atoms with Crippen molar-refractivity contribution in [1.29, 1.82) is 0 Å². The van der Waals surface area contributed by atoms with Gasteiger partial charge in [-0.2, -0.15) is 0 Å². The van der Waals surface area contributed by atoms with Gasteiger partial charge in [0.15, 0.2) is 6.61 Å². The van der Waals surface area contributed by atoms with Crippen molar-refractivity contribution >= 4 is 23.5 Å². The van der Waals surface area contributed by atoms with E-state index in [9.17, 15) is 14.4 Å². The molecule has 0 aliphatic carbocycles. The molecule has 0 bridgehead atoms. The van der Waals surface area contributed by atoms with Crippen LogP contribution in [0.1, 0.15) is 20.8 Å². The minimum absolute atomic E-state index is 0.341. The number of hydrogen-bond acceptors (Lipinski definition) is 4. The number of ether oxygens (including phenoxy) is 1. The fourth-order valence-corrected chi connectivity index (χ4v) is 1.79. The van der Waals surface area contributed by atoms with E-state index in [0.717, 1.165) is 0 Å². The molecule has 0 fully saturated rings. The van der Waals surface area contributed by atoms with Gasteiger partial charge in [-0.1, -0.05) is 0 Å². The first kappa shape index (κ1) is 15.3. The quantitative estimate of drug-likeness (QED) is 0.801. The van der Waals surface area contributed by atoms with Crippen molar-refractivity contribution in [1.82, 2.24) is 4.57 Å². The summed E-state index contributed by atoms with van der Waals surface area (Å²) in [5, 5.41) is 2.55. The van der Waals surface area contributed by atoms with Gasteiger partial charge in [-0.15, -0.1) is 0 Å². The Bertz CT molecular complexity index is 704. The summed E-state index contributed by atoms with van der Waals surface area (Å²) >= 11 is 0. The number of nitrogens with one attached hydrogen (secondary N) is 1. The molecule has 114 valence electrons. The molecule has 2 rings (SSSR count). The summed E-state index contributed by atoms with van der Waals surface area (Å²) in [5.74, 6) is -1.60. The molecule has 2 amide bonds. The molecule has 0 atom stereocenters. The first-order valence-corrected chi connectivity index (χ1v) is 6.45. The number of amides is 2. The summed E-state index contributed by atoms with van der Waals surface area (Å²) in [5.41, 5.74) is 6.30. The standard InChI is InChI=1S/C15H15N3O4/c1-18-8-2-3-12(18)15(21)22-9-13(19)17-11-6-4-10(5-7-11)14(16)20/h2-8H,9H2,1H3,(H2,16,20)(H,17,19). The zero-order chi connectivity index (χ0) is 16.1. The fraction of sp³-hybridized carbons (Fsp3) is 0.133. The van der Waals surface area contributed by atoms with Crippen LogP contribution in [0, 0.1) is 0 Å². The maximum Gasteiger partial charge on any atom is 0.355 e. The van der Waals surface area contributed by atoms with Gasteiger partial charge in [-0.05, 0) is 36.4 Å². The number of hydrogen-bond donors (Lipinski definition) is 2. The smallest absolute Gasteiger partial charge is 0.355 e. The molecule has 22 heavy (non-hydrogen) atoms. The molecule has 0 saturated heterocycles. The van der Waals surface area contributed by atoms with Crippen molar-refractivity contribution in [2.24, 2.45) is 12.8 Å². The van der Waals surface area contributed by atoms with E-state index in [0.29, 0.717) is 16.9 Å². The van der Waals surface area contributed by atoms with Crippen molar-refractivity contribution in [3.8, 4) is 0 Å². The number of rotatable bonds is 5. The Labute approximate surface area is 126 Å². The van der Waals surface area contributed by atoms with Crippen LogP contribution in [0.5, 0.6) is 0 Å². The number of carbonyl (C=O) groups is 3. The number of nitrogens with zero attached hydrogens (tertiary/aromatic N) is 1. The van der Waals surface area contributed by atoms with Crippen LogP contribution in [0.25, 0.3) is 0 Å². The van der Waals surface area contributed by atoms with E-state index in [4.69, 9.17) is 10.5 Å². The molecule has 0 saturated carbocycles. The molecule has 2 aromatic rings. The second kappa shape index (κ2) is 6.57. The topological polar surface area (TPSA) is 103 Å². The number of carbonyl (C=O) groups excluding carboxylic acids is 3. The van der Waals surface area contributed by atoms with E-state index in [1.54, 1.807) is 29.9 Å². The van der Waals surface area contributed by atoms with Crippen LogP contribution in [0.2, 0.25) is 0 Å². The highest BCUT2D eigenvalue weighted by Crippen LogP contribution is 2.09. The molecular weight excluding hydrogens is 286 g/mol. The molecule has 3 N–H and O–H groups in total. The highest BCUT2D eigenvalue weighted by molar-refractivity contribution is 5.96. The summed E-state index contributed by atoms with van der Waals surface area (Å²) in [6, 6.07) is 9.37. The number of aryl methyl sites for hydroxylation is 1. The molecule has 1 aromatic carbocycles. The van der Waals surface area contributed by atoms with Gasteiger partial charge in [0.1, 0.15) is 5.69 Å². The molecule has 0 aliphatic heterocycles. The third-order valence-corrected chi connectivity index (χ3v) is 2.94. The Kier molecular flexibility index (Phi) is 4.57. The molecule has 0 spiro atoms. The highest BCUT2D eigenvalue weighted by Gasteiger charge is 2.12. The molecular formula is C15H15N3O4. The lowest BCUT2D eigenvalue weighted by molar-refractivity contribution is -0.119. The van der Waals surface area contributed by atoms with Gasteiger partial charge in [0.2, 0.25) is 5.91 Å². The lowest BCUT2D eigenvalue weighted by Crippen LogP contribution is -2.21. The second-order valence-electron chi connectivity index (χ2n) is 4.57. The van der Waals surface area contributed by atoms with Gasteiger partial charge in [-0.25, -0.2) is 4.79 Å². The van der Waals surface area contributed by atoms with Crippen molar-refractivity contribution in [2.45, 2.75) is 0 Å². The summed E-state index contributed by atoms with van der Waals surface area (Å²) in [6.45, 7) is -0.401. The fourth-order valence-electron chi connectivity index (χ4n) is 1.79. The number of aromatic nitrogens is 1. The van der Waals surface area contributed by atoms with Gasteiger partial charge in [-0.3, -0.25) is 9.59 Å². The lowest BCUT2D eigenvalue weighted by atomic mass is 10.2. The molecule has 1 heterocycles. The number of anilines is 1. The molecule has 0 unspecified atom stereocenters. The zero-order valence-corrected chi connectivity index (χ0v) is 11.9. The van der Waals surface area contributed by atoms with Crippen LogP contribution >= 0.6 is 0 Å². The molecule has 1 aromatic heterocycles. The van der Waals surface area contributed by atoms with Crippen molar-refractivity contribution in [3.05, 3.63) is 53.9 Å². The molecule has 0 radical (unpaired) electrons. The normalized spacial score (nSPS) is 10.0. The van der Waals surface area contributed by atoms with E-state index in [1.807, 2.05) is 0 Å². The van der Waals surface area contributed by atoms with Crippen molar-refractivity contribution < 1.29 is 19.1 Å². The number of nitrogens with two attached hydrogens (primary N) is 1. The third kappa shape index (κ3) is 3.72. The maximum atomic E-state index is 11.7. The SMILES string of the molecule is Cn1cccc1C(=O)OCC(=O)Nc1ccc(C(N)=O)cc1. The second-order valence-corrected chi connectivity index (χ2v) is 4.57. The lowest BCUT2D eigenvalue weighted by Gasteiger charge is -2.07. The van der Waals surface area contributed by atoms with E-state index < -0.39 is 24.4 Å². The first-order valence-electron chi connectivity index (χ1n) is 6.45. The summed E-state index contributed by atoms with van der Waals surface area (Å²) < 4.78 is 6.52. The molecule has 7 nitrogen and oxygen atoms in total. The Morgan fingerprint density at radius 1 is 1.18 bits per heavy atom. The number of benzene rings is 1. The van der Waals surface area contributed by atoms with Gasteiger partial charge < -0.3 is 20.4 Å². The van der Waals surface area contributed by atoms with Gasteiger partial charge >= 0.3 is 5.97 Å².